The molecule has 0 spiro atoms. The molecule has 3 aromatic carbocycles. The van der Waals surface area contributed by atoms with Crippen molar-refractivity contribution in [1.29, 1.82) is 0 Å². The lowest BCUT2D eigenvalue weighted by molar-refractivity contribution is -0.384. The third-order valence-electron chi connectivity index (χ3n) is 4.20. The number of non-ortho nitro benzene ring substituents is 1. The van der Waals surface area contributed by atoms with E-state index in [0.29, 0.717) is 11.5 Å². The van der Waals surface area contributed by atoms with Gasteiger partial charge in [0.05, 0.1) is 17.7 Å². The van der Waals surface area contributed by atoms with Crippen LogP contribution < -0.4 is 9.47 Å². The smallest absolute Gasteiger partial charge is 0.269 e. The van der Waals surface area contributed by atoms with Gasteiger partial charge in [-0.05, 0) is 60.0 Å². The number of rotatable bonds is 7. The Bertz CT molecular complexity index is 998. The Kier molecular flexibility index (Phi) is 6.01. The molecule has 0 saturated heterocycles. The molecule has 0 radical (unpaired) electrons. The molecule has 0 saturated carbocycles. The van der Waals surface area contributed by atoms with Gasteiger partial charge in [0.2, 0.25) is 0 Å². The first-order valence-corrected chi connectivity index (χ1v) is 8.70. The Morgan fingerprint density at radius 1 is 1.04 bits per heavy atom. The van der Waals surface area contributed by atoms with Crippen LogP contribution in [0.2, 0.25) is 0 Å². The van der Waals surface area contributed by atoms with Crippen LogP contribution in [0, 0.1) is 17.0 Å². The van der Waals surface area contributed by atoms with Crippen LogP contribution in [0.5, 0.6) is 11.5 Å². The molecule has 0 atom stereocenters. The van der Waals surface area contributed by atoms with Crippen LogP contribution in [0.4, 0.5) is 11.4 Å². The summed E-state index contributed by atoms with van der Waals surface area (Å²) in [5.41, 5.74) is 3.80. The Balaban J connectivity index is 1.70. The van der Waals surface area contributed by atoms with Crippen LogP contribution in [0.25, 0.3) is 0 Å². The van der Waals surface area contributed by atoms with Crippen molar-refractivity contribution in [3.05, 3.63) is 93.5 Å². The number of hydrogen-bond acceptors (Lipinski definition) is 5. The second-order valence-corrected chi connectivity index (χ2v) is 6.17. The monoisotopic (exact) mass is 376 g/mol. The topological polar surface area (TPSA) is 74.0 Å². The number of para-hydroxylation sites is 1. The Hall–Kier alpha value is -3.67. The molecule has 0 amide bonds. The second kappa shape index (κ2) is 8.81. The lowest BCUT2D eigenvalue weighted by Crippen LogP contribution is -1.99. The molecule has 0 aliphatic carbocycles. The molecular weight excluding hydrogens is 356 g/mol. The summed E-state index contributed by atoms with van der Waals surface area (Å²) >= 11 is 0. The maximum Gasteiger partial charge on any atom is 0.269 e. The summed E-state index contributed by atoms with van der Waals surface area (Å²) in [7, 11) is 1.58. The molecule has 0 unspecified atom stereocenters. The highest BCUT2D eigenvalue weighted by atomic mass is 16.6. The van der Waals surface area contributed by atoms with E-state index in [4.69, 9.17) is 9.47 Å². The summed E-state index contributed by atoms with van der Waals surface area (Å²) in [6, 6.07) is 19.8. The molecule has 0 fully saturated rings. The minimum absolute atomic E-state index is 0.0543. The van der Waals surface area contributed by atoms with Crippen molar-refractivity contribution in [2.45, 2.75) is 13.5 Å². The van der Waals surface area contributed by atoms with E-state index in [9.17, 15) is 10.1 Å². The third-order valence-corrected chi connectivity index (χ3v) is 4.20. The zero-order chi connectivity index (χ0) is 19.9. The highest BCUT2D eigenvalue weighted by molar-refractivity contribution is 5.83. The van der Waals surface area contributed by atoms with Crippen molar-refractivity contribution in [3.8, 4) is 11.5 Å². The lowest BCUT2D eigenvalue weighted by Gasteiger charge is -2.11. The fourth-order valence-corrected chi connectivity index (χ4v) is 2.61. The first kappa shape index (κ1) is 19.1. The first-order chi connectivity index (χ1) is 13.6. The summed E-state index contributed by atoms with van der Waals surface area (Å²) in [6.45, 7) is 2.30. The van der Waals surface area contributed by atoms with E-state index in [2.05, 4.69) is 4.99 Å². The predicted molar refractivity (Wildman–Crippen MR) is 109 cm³/mol. The van der Waals surface area contributed by atoms with E-state index in [1.807, 2.05) is 49.4 Å². The van der Waals surface area contributed by atoms with Crippen LogP contribution in [0.15, 0.2) is 71.7 Å². The van der Waals surface area contributed by atoms with Gasteiger partial charge < -0.3 is 9.47 Å². The van der Waals surface area contributed by atoms with Crippen LogP contribution in [0.3, 0.4) is 0 Å². The highest BCUT2D eigenvalue weighted by Gasteiger charge is 2.08. The van der Waals surface area contributed by atoms with Crippen molar-refractivity contribution in [3.63, 3.8) is 0 Å². The Morgan fingerprint density at radius 2 is 1.79 bits per heavy atom. The Morgan fingerprint density at radius 3 is 2.46 bits per heavy atom. The van der Waals surface area contributed by atoms with Crippen molar-refractivity contribution in [2.75, 3.05) is 7.11 Å². The molecule has 28 heavy (non-hydrogen) atoms. The number of aryl methyl sites for hydroxylation is 1. The van der Waals surface area contributed by atoms with E-state index in [1.54, 1.807) is 25.5 Å². The number of nitro groups is 1. The number of benzene rings is 3. The molecule has 3 aromatic rings. The van der Waals surface area contributed by atoms with Gasteiger partial charge in [-0.15, -0.1) is 0 Å². The van der Waals surface area contributed by atoms with Crippen LogP contribution in [-0.2, 0) is 6.61 Å². The van der Waals surface area contributed by atoms with Crippen LogP contribution >= 0.6 is 0 Å². The molecule has 0 heterocycles. The maximum absolute atomic E-state index is 10.7. The van der Waals surface area contributed by atoms with E-state index < -0.39 is 4.92 Å². The van der Waals surface area contributed by atoms with Gasteiger partial charge in [0.1, 0.15) is 6.61 Å². The van der Waals surface area contributed by atoms with E-state index in [-0.39, 0.29) is 12.3 Å². The second-order valence-electron chi connectivity index (χ2n) is 6.17. The third kappa shape index (κ3) is 4.73. The molecule has 142 valence electrons. The average molecular weight is 376 g/mol. The zero-order valence-corrected chi connectivity index (χ0v) is 15.7. The maximum atomic E-state index is 10.7. The summed E-state index contributed by atoms with van der Waals surface area (Å²) in [5.74, 6) is 1.18. The fourth-order valence-electron chi connectivity index (χ4n) is 2.61. The Labute approximate surface area is 163 Å². The number of nitro benzene ring substituents is 1. The van der Waals surface area contributed by atoms with Crippen molar-refractivity contribution < 1.29 is 14.4 Å². The predicted octanol–water partition coefficient (Wildman–Crippen LogP) is 5.24. The largest absolute Gasteiger partial charge is 0.493 e. The molecule has 0 bridgehead atoms. The molecule has 3 rings (SSSR count). The average Bonchev–Trinajstić information content (AvgIpc) is 2.72. The molecule has 0 N–H and O–H groups in total. The lowest BCUT2D eigenvalue weighted by atomic mass is 10.2. The number of aliphatic imine (C=N–C) groups is 1. The highest BCUT2D eigenvalue weighted by Crippen LogP contribution is 2.29. The van der Waals surface area contributed by atoms with Gasteiger partial charge in [-0.3, -0.25) is 15.1 Å². The quantitative estimate of drug-likeness (QED) is 0.321. The van der Waals surface area contributed by atoms with Gasteiger partial charge in [0, 0.05) is 18.3 Å². The van der Waals surface area contributed by atoms with Gasteiger partial charge in [-0.25, -0.2) is 0 Å². The first-order valence-electron chi connectivity index (χ1n) is 8.70. The summed E-state index contributed by atoms with van der Waals surface area (Å²) in [6.07, 6.45) is 1.78. The molecule has 0 aromatic heterocycles. The minimum atomic E-state index is -0.426. The van der Waals surface area contributed by atoms with Crippen molar-refractivity contribution in [1.82, 2.24) is 0 Å². The SMILES string of the molecule is COc1cc(C=Nc2ccccc2C)ccc1OCc1ccc([N+](=O)[O-])cc1. The van der Waals surface area contributed by atoms with Gasteiger partial charge in [0.25, 0.3) is 5.69 Å². The minimum Gasteiger partial charge on any atom is -0.493 e. The normalized spacial score (nSPS) is 10.8. The van der Waals surface area contributed by atoms with Crippen molar-refractivity contribution >= 4 is 17.6 Å². The van der Waals surface area contributed by atoms with E-state index in [0.717, 1.165) is 22.4 Å². The fraction of sp³-hybridized carbons (Fsp3) is 0.136. The van der Waals surface area contributed by atoms with Gasteiger partial charge >= 0.3 is 0 Å². The zero-order valence-electron chi connectivity index (χ0n) is 15.7. The number of hydrogen-bond donors (Lipinski definition) is 0. The van der Waals surface area contributed by atoms with Gasteiger partial charge in [-0.2, -0.15) is 0 Å². The number of ether oxygens (including phenoxy) is 2. The van der Waals surface area contributed by atoms with Crippen molar-refractivity contribution in [2.24, 2.45) is 4.99 Å². The summed E-state index contributed by atoms with van der Waals surface area (Å²) < 4.78 is 11.2. The van der Waals surface area contributed by atoms with E-state index >= 15 is 0 Å². The molecule has 0 aliphatic rings. The standard InChI is InChI=1S/C22H20N2O4/c1-16-5-3-4-6-20(16)23-14-18-9-12-21(22(13-18)27-2)28-15-17-7-10-19(11-8-17)24(25)26/h3-14H,15H2,1-2H3. The van der Waals surface area contributed by atoms with Crippen LogP contribution in [0.1, 0.15) is 16.7 Å². The molecular formula is C22H20N2O4. The number of methoxy groups -OCH3 is 1. The van der Waals surface area contributed by atoms with Crippen LogP contribution in [-0.4, -0.2) is 18.2 Å². The van der Waals surface area contributed by atoms with E-state index in [1.165, 1.54) is 12.1 Å². The molecule has 0 aliphatic heterocycles. The van der Waals surface area contributed by atoms with Gasteiger partial charge in [0.15, 0.2) is 11.5 Å². The van der Waals surface area contributed by atoms with Gasteiger partial charge in [-0.1, -0.05) is 18.2 Å². The summed E-state index contributed by atoms with van der Waals surface area (Å²) in [4.78, 5) is 14.8. The molecule has 6 heteroatoms. The molecule has 6 nitrogen and oxygen atoms in total. The number of nitrogens with zero attached hydrogens (tertiary/aromatic N) is 2. The summed E-state index contributed by atoms with van der Waals surface area (Å²) in [5, 5.41) is 10.7.